The topological polar surface area (TPSA) is 177 Å². The van der Waals surface area contributed by atoms with Crippen molar-refractivity contribution in [3.8, 4) is 0 Å². The highest BCUT2D eigenvalue weighted by Crippen LogP contribution is 2.44. The van der Waals surface area contributed by atoms with E-state index in [9.17, 15) is 0 Å². The van der Waals surface area contributed by atoms with Crippen LogP contribution in [-0.2, 0) is 2.84 Å². The van der Waals surface area contributed by atoms with E-state index in [1.165, 1.54) is 0 Å². The number of benzene rings is 8. The summed E-state index contributed by atoms with van der Waals surface area (Å²) < 4.78 is 17.8. The molecule has 12 bridgehead atoms. The van der Waals surface area contributed by atoms with Crippen molar-refractivity contribution in [2.24, 2.45) is 59.9 Å². The van der Waals surface area contributed by atoms with E-state index in [0.717, 1.165) is 87.6 Å². The standard InChI is InChI=1S/2C32H16N8.2Al.O/c2*1-2-10-18-17(9-1)25-33-26(18)38-28-21-13-5-6-14-22(21)30(35-28)40-32-24-16-8-7-15-23(24)31(36-32)39-29-20-12-4-3-11-19(20)27(34-29)37-25;;;/h2*1-16H;;;/q2*-2;2*+2;. The molecular weight excluding hydrogens is 1060 g/mol. The molecule has 380 valence electrons. The van der Waals surface area contributed by atoms with Gasteiger partial charge in [-0.2, -0.15) is 0 Å². The van der Waals surface area contributed by atoms with Gasteiger partial charge in [0.25, 0.3) is 0 Å². The summed E-state index contributed by atoms with van der Waals surface area (Å²) in [6, 6.07) is 66.0. The Hall–Kier alpha value is -10.5. The molecule has 8 aromatic carbocycles. The molecule has 0 spiro atoms. The third kappa shape index (κ3) is 5.92. The largest absolute Gasteiger partial charge is 0.781 e. The SMILES string of the molecule is c1ccc2c(c1)C1=NC2=Nc2c3ccccc3c3[n]2[Al]([O][Al]2[n]4c5c6ccccc6c4N=C4N=C(N=c6c7ccccc7c([n]62)=NC2=NC(=N5)c5ccccc52)c2ccccc24)[n]2c(c4ccccc4c2=NC2=NC(=N3)c3ccccc32)=N1. The number of fused-ring (bicyclic) bond motifs is 28. The van der Waals surface area contributed by atoms with Gasteiger partial charge < -0.3 is 17.0 Å². The molecule has 20 rings (SSSR count). The van der Waals surface area contributed by atoms with Crippen molar-refractivity contribution < 1.29 is 2.84 Å². The zero-order valence-corrected chi connectivity index (χ0v) is 45.5. The first-order valence-corrected chi connectivity index (χ1v) is 30.3. The van der Waals surface area contributed by atoms with E-state index in [1.54, 1.807) is 0 Å². The summed E-state index contributed by atoms with van der Waals surface area (Å²) in [5.41, 5.74) is 9.38. The predicted molar refractivity (Wildman–Crippen MR) is 323 cm³/mol. The van der Waals surface area contributed by atoms with Gasteiger partial charge in [-0.15, -0.1) is 0 Å². The van der Waals surface area contributed by atoms with Crippen molar-refractivity contribution in [3.05, 3.63) is 261 Å². The lowest BCUT2D eigenvalue weighted by atomic mass is 10.1. The Morgan fingerprint density at radius 1 is 0.205 bits per heavy atom. The fraction of sp³-hybridized carbons (Fsp3) is 0. The molecule has 0 amide bonds. The quantitative estimate of drug-likeness (QED) is 0.155. The number of amidine groups is 8. The Kier molecular flexibility index (Phi) is 8.60. The van der Waals surface area contributed by atoms with Crippen LogP contribution in [0.5, 0.6) is 0 Å². The summed E-state index contributed by atoms with van der Waals surface area (Å²) >= 11 is -7.36. The second-order valence-corrected chi connectivity index (χ2v) is 25.6. The summed E-state index contributed by atoms with van der Waals surface area (Å²) in [7, 11) is 0. The van der Waals surface area contributed by atoms with Crippen LogP contribution in [-0.4, -0.2) is 90.7 Å². The van der Waals surface area contributed by atoms with Crippen molar-refractivity contribution in [1.82, 2.24) is 14.2 Å². The first-order chi connectivity index (χ1) is 41.1. The molecule has 12 heterocycles. The molecule has 0 unspecified atom stereocenters. The van der Waals surface area contributed by atoms with E-state index in [4.69, 9.17) is 62.7 Å². The lowest BCUT2D eigenvalue weighted by molar-refractivity contribution is 0.513. The van der Waals surface area contributed by atoms with Crippen LogP contribution in [0.4, 0.5) is 23.3 Å². The molecule has 0 radical (unpaired) electrons. The van der Waals surface area contributed by atoms with Gasteiger partial charge in [0.2, 0.25) is 0 Å². The minimum atomic E-state index is -3.68. The third-order valence-electron chi connectivity index (χ3n) is 16.8. The highest BCUT2D eigenvalue weighted by molar-refractivity contribution is 6.65. The number of nitrogens with zero attached hydrogens (tertiary/aromatic N) is 16. The van der Waals surface area contributed by atoms with E-state index in [2.05, 4.69) is 111 Å². The van der Waals surface area contributed by atoms with Gasteiger partial charge in [-0.1, -0.05) is 194 Å². The van der Waals surface area contributed by atoms with Crippen LogP contribution in [0.25, 0.3) is 43.1 Å². The average molecular weight is 1100 g/mol. The summed E-state index contributed by atoms with van der Waals surface area (Å²) in [5, 5.41) is 6.86. The Morgan fingerprint density at radius 2 is 0.398 bits per heavy atom. The van der Waals surface area contributed by atoms with Gasteiger partial charge in [-0.05, 0) is 0 Å². The van der Waals surface area contributed by atoms with E-state index in [1.807, 2.05) is 97.1 Å². The Labute approximate surface area is 477 Å². The molecule has 0 N–H and O–H groups in total. The number of rotatable bonds is 2. The van der Waals surface area contributed by atoms with Gasteiger partial charge in [0.1, 0.15) is 45.2 Å². The fourth-order valence-corrected chi connectivity index (χ4v) is 19.7. The fourth-order valence-electron chi connectivity index (χ4n) is 13.1. The maximum atomic E-state index is 8.85. The first kappa shape index (κ1) is 44.3. The lowest BCUT2D eigenvalue weighted by Crippen LogP contribution is -2.57. The van der Waals surface area contributed by atoms with Gasteiger partial charge >= 0.3 is 29.8 Å². The molecule has 8 aliphatic heterocycles. The van der Waals surface area contributed by atoms with Crippen LogP contribution >= 0.6 is 0 Å². The maximum absolute atomic E-state index is 8.85. The Bertz CT molecular complexity index is 5030. The van der Waals surface area contributed by atoms with Crippen molar-refractivity contribution in [1.29, 1.82) is 0 Å². The molecule has 19 heteroatoms. The molecule has 0 aliphatic carbocycles. The second-order valence-electron chi connectivity index (χ2n) is 21.2. The van der Waals surface area contributed by atoms with Crippen LogP contribution in [0.2, 0.25) is 0 Å². The van der Waals surface area contributed by atoms with Crippen LogP contribution < -0.4 is 22.0 Å². The minimum Gasteiger partial charge on any atom is -0.564 e. The number of hydrogen-bond donors (Lipinski definition) is 0. The van der Waals surface area contributed by atoms with Gasteiger partial charge in [0.05, 0.1) is 0 Å². The zero-order valence-electron chi connectivity index (χ0n) is 43.2. The molecule has 12 aromatic rings. The third-order valence-corrected chi connectivity index (χ3v) is 22.4. The van der Waals surface area contributed by atoms with Gasteiger partial charge in [0.15, 0.2) is 46.7 Å². The highest BCUT2D eigenvalue weighted by atomic mass is 27.3. The van der Waals surface area contributed by atoms with Crippen LogP contribution in [0.3, 0.4) is 0 Å². The van der Waals surface area contributed by atoms with Crippen LogP contribution in [0.1, 0.15) is 44.5 Å². The molecule has 83 heavy (non-hydrogen) atoms. The van der Waals surface area contributed by atoms with Gasteiger partial charge in [0, 0.05) is 87.6 Å². The monoisotopic (exact) mass is 1090 g/mol. The van der Waals surface area contributed by atoms with E-state index < -0.39 is 29.8 Å². The molecular formula is C64H32Al2N16O. The molecule has 4 aromatic heterocycles. The summed E-state index contributed by atoms with van der Waals surface area (Å²) in [4.78, 5) is 67.0. The molecule has 17 nitrogen and oxygen atoms in total. The maximum Gasteiger partial charge on any atom is 0.781 e. The molecule has 0 saturated heterocycles. The first-order valence-electron chi connectivity index (χ1n) is 27.3. The number of aromatic nitrogens is 4. The molecule has 0 saturated carbocycles. The Balaban J connectivity index is 1.02. The van der Waals surface area contributed by atoms with E-state index in [-0.39, 0.29) is 0 Å². The highest BCUT2D eigenvalue weighted by Gasteiger charge is 2.51. The summed E-state index contributed by atoms with van der Waals surface area (Å²) in [6.07, 6.45) is 0. The average Bonchev–Trinajstić information content (AvgIpc) is 2.18. The molecule has 0 fully saturated rings. The number of hydrogen-bond acceptors (Lipinski definition) is 13. The van der Waals surface area contributed by atoms with Gasteiger partial charge in [-0.25, -0.2) is 59.9 Å². The van der Waals surface area contributed by atoms with Gasteiger partial charge in [-0.3, -0.25) is 0 Å². The molecule has 8 aliphatic rings. The predicted octanol–water partition coefficient (Wildman–Crippen LogP) is 8.87. The normalized spacial score (nSPS) is 16.0. The summed E-state index contributed by atoms with van der Waals surface area (Å²) in [6.45, 7) is 0. The van der Waals surface area contributed by atoms with E-state index in [0.29, 0.717) is 91.9 Å². The smallest absolute Gasteiger partial charge is 0.564 e. The summed E-state index contributed by atoms with van der Waals surface area (Å²) in [5.74, 6) is 6.69. The van der Waals surface area contributed by atoms with E-state index >= 15 is 0 Å². The van der Waals surface area contributed by atoms with Crippen molar-refractivity contribution >= 4 is 143 Å². The minimum absolute atomic E-state index is 0.528. The zero-order chi connectivity index (χ0) is 53.8. The second kappa shape index (κ2) is 16.1. The number of aliphatic imine (C=N–C) groups is 8. The van der Waals surface area contributed by atoms with Crippen LogP contribution in [0, 0.1) is 0 Å². The van der Waals surface area contributed by atoms with Crippen molar-refractivity contribution in [2.75, 3.05) is 0 Å². The lowest BCUT2D eigenvalue weighted by Gasteiger charge is -2.25. The molecule has 0 atom stereocenters. The van der Waals surface area contributed by atoms with Crippen molar-refractivity contribution in [3.63, 3.8) is 0 Å². The van der Waals surface area contributed by atoms with Crippen molar-refractivity contribution in [2.45, 2.75) is 0 Å². The van der Waals surface area contributed by atoms with Crippen LogP contribution in [0.15, 0.2) is 254 Å². The Morgan fingerprint density at radius 3 is 0.627 bits per heavy atom.